The summed E-state index contributed by atoms with van der Waals surface area (Å²) in [5.41, 5.74) is 0. The topological polar surface area (TPSA) is 59.1 Å². The number of sulfonamides is 1. The van der Waals surface area contributed by atoms with Crippen molar-refractivity contribution in [1.29, 1.82) is 0 Å². The highest BCUT2D eigenvalue weighted by molar-refractivity contribution is 7.91. The molecule has 0 bridgehead atoms. The Morgan fingerprint density at radius 1 is 1.44 bits per heavy atom. The van der Waals surface area contributed by atoms with E-state index < -0.39 is 10.0 Å². The summed E-state index contributed by atoms with van der Waals surface area (Å²) < 4.78 is 27.0. The van der Waals surface area contributed by atoms with Crippen molar-refractivity contribution in [2.24, 2.45) is 0 Å². The Balaban J connectivity index is 2.45. The van der Waals surface area contributed by atoms with Crippen LogP contribution in [0.1, 0.15) is 46.0 Å². The lowest BCUT2D eigenvalue weighted by Gasteiger charge is -2.12. The van der Waals surface area contributed by atoms with E-state index in [1.807, 2.05) is 6.92 Å². The minimum Gasteiger partial charge on any atom is -0.232 e. The fourth-order valence-electron chi connectivity index (χ4n) is 1.62. The average molecular weight is 311 g/mol. The molecule has 7 heteroatoms. The van der Waals surface area contributed by atoms with Crippen LogP contribution < -0.4 is 4.72 Å². The van der Waals surface area contributed by atoms with Crippen molar-refractivity contribution >= 4 is 33.0 Å². The molecule has 0 aliphatic carbocycles. The minimum absolute atomic E-state index is 0.0623. The van der Waals surface area contributed by atoms with Crippen LogP contribution in [-0.4, -0.2) is 19.4 Å². The predicted molar refractivity (Wildman–Crippen MR) is 75.7 cm³/mol. The van der Waals surface area contributed by atoms with Crippen molar-refractivity contribution < 1.29 is 8.42 Å². The van der Waals surface area contributed by atoms with E-state index in [-0.39, 0.29) is 14.7 Å². The maximum atomic E-state index is 11.9. The number of nitrogens with one attached hydrogen (secondary N) is 1. The molecule has 1 heterocycles. The molecule has 0 saturated heterocycles. The van der Waals surface area contributed by atoms with Gasteiger partial charge < -0.3 is 0 Å². The van der Waals surface area contributed by atoms with Crippen molar-refractivity contribution in [3.8, 4) is 0 Å². The van der Waals surface area contributed by atoms with Gasteiger partial charge in [-0.25, -0.2) is 18.1 Å². The number of rotatable bonds is 8. The van der Waals surface area contributed by atoms with E-state index in [9.17, 15) is 8.42 Å². The molecule has 1 rings (SSSR count). The second-order valence-corrected chi connectivity index (χ2v) is 7.86. The molecule has 18 heavy (non-hydrogen) atoms. The van der Waals surface area contributed by atoms with Gasteiger partial charge >= 0.3 is 0 Å². The summed E-state index contributed by atoms with van der Waals surface area (Å²) in [5.74, 6) is 0. The van der Waals surface area contributed by atoms with Crippen LogP contribution in [0.4, 0.5) is 0 Å². The lowest BCUT2D eigenvalue weighted by Crippen LogP contribution is -2.32. The molecule has 0 saturated carbocycles. The SMILES string of the molecule is CCCCCCC(C)NS(=O)(=O)c1cnc(Cl)s1. The van der Waals surface area contributed by atoms with Crippen LogP contribution in [-0.2, 0) is 10.0 Å². The molecule has 0 spiro atoms. The summed E-state index contributed by atoms with van der Waals surface area (Å²) in [6, 6.07) is -0.0623. The van der Waals surface area contributed by atoms with Crippen LogP contribution in [0.5, 0.6) is 0 Å². The van der Waals surface area contributed by atoms with E-state index in [0.29, 0.717) is 0 Å². The van der Waals surface area contributed by atoms with Gasteiger partial charge in [-0.2, -0.15) is 0 Å². The Morgan fingerprint density at radius 2 is 2.17 bits per heavy atom. The van der Waals surface area contributed by atoms with Gasteiger partial charge in [-0.15, -0.1) is 0 Å². The van der Waals surface area contributed by atoms with Gasteiger partial charge in [-0.1, -0.05) is 55.5 Å². The number of thiazole rings is 1. The second kappa shape index (κ2) is 7.43. The highest BCUT2D eigenvalue weighted by Crippen LogP contribution is 2.22. The molecule has 0 aromatic carbocycles. The highest BCUT2D eigenvalue weighted by Gasteiger charge is 2.19. The zero-order chi connectivity index (χ0) is 13.6. The molecule has 1 N–H and O–H groups in total. The van der Waals surface area contributed by atoms with E-state index >= 15 is 0 Å². The monoisotopic (exact) mass is 310 g/mol. The van der Waals surface area contributed by atoms with Crippen LogP contribution in [0.25, 0.3) is 0 Å². The van der Waals surface area contributed by atoms with Crippen LogP contribution in [0.15, 0.2) is 10.4 Å². The van der Waals surface area contributed by atoms with Gasteiger partial charge in [0.2, 0.25) is 0 Å². The van der Waals surface area contributed by atoms with Gasteiger partial charge in [0, 0.05) is 6.04 Å². The summed E-state index contributed by atoms with van der Waals surface area (Å²) in [5, 5.41) is 0. The Morgan fingerprint density at radius 3 is 2.72 bits per heavy atom. The predicted octanol–water partition coefficient (Wildman–Crippen LogP) is 3.43. The first kappa shape index (κ1) is 15.9. The summed E-state index contributed by atoms with van der Waals surface area (Å²) in [6.07, 6.45) is 6.71. The Hall–Kier alpha value is -0.170. The van der Waals surface area contributed by atoms with Crippen LogP contribution in [0, 0.1) is 0 Å². The maximum absolute atomic E-state index is 11.9. The van der Waals surface area contributed by atoms with Crippen molar-refractivity contribution in [1.82, 2.24) is 9.71 Å². The van der Waals surface area contributed by atoms with Gasteiger partial charge in [-0.3, -0.25) is 0 Å². The smallest absolute Gasteiger partial charge is 0.232 e. The molecular weight excluding hydrogens is 292 g/mol. The summed E-state index contributed by atoms with van der Waals surface area (Å²) in [6.45, 7) is 4.03. The van der Waals surface area contributed by atoms with Gasteiger partial charge in [0.1, 0.15) is 0 Å². The molecule has 1 unspecified atom stereocenters. The maximum Gasteiger partial charge on any atom is 0.251 e. The van der Waals surface area contributed by atoms with Gasteiger partial charge in [0.05, 0.1) is 6.20 Å². The van der Waals surface area contributed by atoms with E-state index in [1.54, 1.807) is 0 Å². The molecule has 104 valence electrons. The summed E-state index contributed by atoms with van der Waals surface area (Å²) >= 11 is 6.61. The third-order valence-electron chi connectivity index (χ3n) is 2.57. The number of halogens is 1. The van der Waals surface area contributed by atoms with E-state index in [0.717, 1.165) is 30.6 Å². The molecule has 0 radical (unpaired) electrons. The number of unbranched alkanes of at least 4 members (excludes halogenated alkanes) is 3. The van der Waals surface area contributed by atoms with Gasteiger partial charge in [-0.05, 0) is 13.3 Å². The molecule has 0 fully saturated rings. The largest absolute Gasteiger partial charge is 0.251 e. The molecule has 1 aromatic rings. The molecule has 0 amide bonds. The van der Waals surface area contributed by atoms with Gasteiger partial charge in [0.15, 0.2) is 8.68 Å². The summed E-state index contributed by atoms with van der Waals surface area (Å²) in [7, 11) is -3.46. The Kier molecular flexibility index (Phi) is 6.55. The number of hydrogen-bond acceptors (Lipinski definition) is 4. The van der Waals surface area contributed by atoms with Crippen LogP contribution in [0.2, 0.25) is 4.47 Å². The standard InChI is InChI=1S/C11H19ClN2O2S2/c1-3-4-5-6-7-9(2)14-18(15,16)10-8-13-11(12)17-10/h8-9,14H,3-7H2,1-2H3. The molecule has 0 aliphatic heterocycles. The molecular formula is C11H19ClN2O2S2. The first-order valence-corrected chi connectivity index (χ1v) is 8.77. The summed E-state index contributed by atoms with van der Waals surface area (Å²) in [4.78, 5) is 3.74. The Labute approximate surface area is 118 Å². The number of nitrogens with zero attached hydrogens (tertiary/aromatic N) is 1. The van der Waals surface area contributed by atoms with E-state index in [2.05, 4.69) is 16.6 Å². The zero-order valence-corrected chi connectivity index (χ0v) is 13.0. The number of aromatic nitrogens is 1. The van der Waals surface area contributed by atoms with E-state index in [1.165, 1.54) is 19.0 Å². The quantitative estimate of drug-likeness (QED) is 0.748. The fraction of sp³-hybridized carbons (Fsp3) is 0.727. The Bertz CT molecular complexity index is 459. The molecule has 4 nitrogen and oxygen atoms in total. The van der Waals surface area contributed by atoms with E-state index in [4.69, 9.17) is 11.6 Å². The molecule has 1 atom stereocenters. The van der Waals surface area contributed by atoms with Gasteiger partial charge in [0.25, 0.3) is 10.0 Å². The third kappa shape index (κ3) is 5.22. The molecule has 0 aliphatic rings. The average Bonchev–Trinajstić information content (AvgIpc) is 2.71. The van der Waals surface area contributed by atoms with Crippen molar-refractivity contribution in [3.05, 3.63) is 10.7 Å². The third-order valence-corrected chi connectivity index (χ3v) is 5.73. The fourth-order valence-corrected chi connectivity index (χ4v) is 4.21. The highest BCUT2D eigenvalue weighted by atomic mass is 35.5. The zero-order valence-electron chi connectivity index (χ0n) is 10.6. The lowest BCUT2D eigenvalue weighted by molar-refractivity contribution is 0.523. The first-order chi connectivity index (χ1) is 8.45. The van der Waals surface area contributed by atoms with Crippen LogP contribution in [0.3, 0.4) is 0 Å². The van der Waals surface area contributed by atoms with Crippen molar-refractivity contribution in [2.75, 3.05) is 0 Å². The first-order valence-electron chi connectivity index (χ1n) is 6.09. The second-order valence-electron chi connectivity index (χ2n) is 4.30. The molecule has 1 aromatic heterocycles. The van der Waals surface area contributed by atoms with Crippen LogP contribution >= 0.6 is 22.9 Å². The van der Waals surface area contributed by atoms with Crippen molar-refractivity contribution in [3.63, 3.8) is 0 Å². The number of hydrogen-bond donors (Lipinski definition) is 1. The normalized spacial score (nSPS) is 13.7. The lowest BCUT2D eigenvalue weighted by atomic mass is 10.1. The van der Waals surface area contributed by atoms with Crippen molar-refractivity contribution in [2.45, 2.75) is 56.2 Å². The minimum atomic E-state index is -3.46.